The van der Waals surface area contributed by atoms with Crippen LogP contribution in [0.3, 0.4) is 0 Å². The fraction of sp³-hybridized carbons (Fsp3) is 0.333. The topological polar surface area (TPSA) is 63.0 Å². The maximum Gasteiger partial charge on any atom is 0.149 e. The summed E-state index contributed by atoms with van der Waals surface area (Å²) in [6, 6.07) is 5.11. The van der Waals surface area contributed by atoms with Gasteiger partial charge in [-0.25, -0.2) is 0 Å². The van der Waals surface area contributed by atoms with E-state index in [2.05, 4.69) is 15.5 Å². The number of hydrogen-bond donors (Lipinski definition) is 2. The SMILES string of the molecule is CC(NCc1c(O)cccc1Cl)c1nncn1C. The normalized spacial score (nSPS) is 12.6. The Kier molecular flexibility index (Phi) is 3.84. The lowest BCUT2D eigenvalue weighted by Gasteiger charge is -2.14. The van der Waals surface area contributed by atoms with Crippen LogP contribution in [-0.4, -0.2) is 19.9 Å². The van der Waals surface area contributed by atoms with E-state index in [9.17, 15) is 5.11 Å². The monoisotopic (exact) mass is 266 g/mol. The van der Waals surface area contributed by atoms with Gasteiger partial charge >= 0.3 is 0 Å². The zero-order chi connectivity index (χ0) is 13.1. The molecule has 1 unspecified atom stereocenters. The molecule has 5 nitrogen and oxygen atoms in total. The average molecular weight is 267 g/mol. The highest BCUT2D eigenvalue weighted by atomic mass is 35.5. The molecule has 2 rings (SSSR count). The third kappa shape index (κ3) is 2.63. The molecule has 0 saturated carbocycles. The standard InChI is InChI=1S/C12H15ClN4O/c1-8(12-16-15-7-17(12)2)14-6-9-10(13)4-3-5-11(9)18/h3-5,7-8,14,18H,6H2,1-2H3. The lowest BCUT2D eigenvalue weighted by molar-refractivity contribution is 0.457. The second-order valence-electron chi connectivity index (χ2n) is 4.14. The molecule has 0 aliphatic carbocycles. The Hall–Kier alpha value is -1.59. The quantitative estimate of drug-likeness (QED) is 0.889. The van der Waals surface area contributed by atoms with Crippen LogP contribution in [0.25, 0.3) is 0 Å². The van der Waals surface area contributed by atoms with Gasteiger partial charge in [-0.3, -0.25) is 0 Å². The fourth-order valence-corrected chi connectivity index (χ4v) is 1.99. The van der Waals surface area contributed by atoms with Crippen molar-refractivity contribution in [3.05, 3.63) is 40.9 Å². The third-order valence-electron chi connectivity index (χ3n) is 2.81. The zero-order valence-electron chi connectivity index (χ0n) is 10.3. The van der Waals surface area contributed by atoms with E-state index in [-0.39, 0.29) is 11.8 Å². The van der Waals surface area contributed by atoms with Crippen molar-refractivity contribution in [3.63, 3.8) is 0 Å². The lowest BCUT2D eigenvalue weighted by Crippen LogP contribution is -2.21. The third-order valence-corrected chi connectivity index (χ3v) is 3.17. The predicted octanol–water partition coefficient (Wildman–Crippen LogP) is 2.02. The molecular formula is C12H15ClN4O. The molecular weight excluding hydrogens is 252 g/mol. The van der Waals surface area contributed by atoms with Gasteiger partial charge in [0.25, 0.3) is 0 Å². The molecule has 6 heteroatoms. The number of phenolic OH excluding ortho intramolecular Hbond substituents is 1. The van der Waals surface area contributed by atoms with Crippen molar-refractivity contribution in [1.82, 2.24) is 20.1 Å². The van der Waals surface area contributed by atoms with Gasteiger partial charge in [0.05, 0.1) is 6.04 Å². The van der Waals surface area contributed by atoms with Gasteiger partial charge in [0.1, 0.15) is 17.9 Å². The molecule has 1 atom stereocenters. The van der Waals surface area contributed by atoms with Crippen molar-refractivity contribution in [2.75, 3.05) is 0 Å². The van der Waals surface area contributed by atoms with Crippen molar-refractivity contribution >= 4 is 11.6 Å². The van der Waals surface area contributed by atoms with E-state index in [0.717, 1.165) is 5.82 Å². The Balaban J connectivity index is 2.06. The summed E-state index contributed by atoms with van der Waals surface area (Å²) in [4.78, 5) is 0. The molecule has 1 heterocycles. The number of aromatic nitrogens is 3. The van der Waals surface area contributed by atoms with Crippen LogP contribution in [0, 0.1) is 0 Å². The molecule has 0 fully saturated rings. The number of phenols is 1. The molecule has 0 aliphatic heterocycles. The van der Waals surface area contributed by atoms with E-state index >= 15 is 0 Å². The summed E-state index contributed by atoms with van der Waals surface area (Å²) in [6.07, 6.45) is 1.65. The van der Waals surface area contributed by atoms with Crippen molar-refractivity contribution in [2.45, 2.75) is 19.5 Å². The maximum absolute atomic E-state index is 9.73. The van der Waals surface area contributed by atoms with Gasteiger partial charge in [-0.05, 0) is 19.1 Å². The highest BCUT2D eigenvalue weighted by molar-refractivity contribution is 6.31. The Morgan fingerprint density at radius 1 is 1.50 bits per heavy atom. The Bertz CT molecular complexity index is 520. The van der Waals surface area contributed by atoms with Crippen molar-refractivity contribution in [2.24, 2.45) is 7.05 Å². The van der Waals surface area contributed by atoms with Crippen LogP contribution in [-0.2, 0) is 13.6 Å². The van der Waals surface area contributed by atoms with Crippen molar-refractivity contribution in [1.29, 1.82) is 0 Å². The molecule has 2 aromatic rings. The van der Waals surface area contributed by atoms with E-state index < -0.39 is 0 Å². The summed E-state index contributed by atoms with van der Waals surface area (Å²) < 4.78 is 1.85. The summed E-state index contributed by atoms with van der Waals surface area (Å²) in [5.41, 5.74) is 0.688. The summed E-state index contributed by atoms with van der Waals surface area (Å²) in [7, 11) is 1.89. The molecule has 18 heavy (non-hydrogen) atoms. The maximum atomic E-state index is 9.73. The van der Waals surface area contributed by atoms with Crippen LogP contribution in [0.4, 0.5) is 0 Å². The van der Waals surface area contributed by atoms with Crippen LogP contribution in [0.15, 0.2) is 24.5 Å². The largest absolute Gasteiger partial charge is 0.508 e. The average Bonchev–Trinajstić information content (AvgIpc) is 2.74. The lowest BCUT2D eigenvalue weighted by atomic mass is 10.2. The van der Waals surface area contributed by atoms with Crippen LogP contribution < -0.4 is 5.32 Å². The van der Waals surface area contributed by atoms with Gasteiger partial charge < -0.3 is 15.0 Å². The van der Waals surface area contributed by atoms with E-state index in [4.69, 9.17) is 11.6 Å². The number of rotatable bonds is 4. The summed E-state index contributed by atoms with van der Waals surface area (Å²) in [5, 5.41) is 21.4. The highest BCUT2D eigenvalue weighted by Crippen LogP contribution is 2.25. The first-order valence-corrected chi connectivity index (χ1v) is 6.01. The Labute approximate surface area is 110 Å². The number of hydrogen-bond acceptors (Lipinski definition) is 4. The molecule has 0 saturated heterocycles. The van der Waals surface area contributed by atoms with Gasteiger partial charge in [0.2, 0.25) is 0 Å². The summed E-state index contributed by atoms with van der Waals surface area (Å²) in [6.45, 7) is 2.46. The van der Waals surface area contributed by atoms with Crippen molar-refractivity contribution in [3.8, 4) is 5.75 Å². The first kappa shape index (κ1) is 12.9. The minimum absolute atomic E-state index is 0.0215. The van der Waals surface area contributed by atoms with E-state index in [0.29, 0.717) is 17.1 Å². The molecule has 0 spiro atoms. The molecule has 1 aromatic heterocycles. The van der Waals surface area contributed by atoms with Gasteiger partial charge in [0, 0.05) is 24.2 Å². The van der Waals surface area contributed by atoms with Gasteiger partial charge in [0.15, 0.2) is 0 Å². The van der Waals surface area contributed by atoms with Crippen molar-refractivity contribution < 1.29 is 5.11 Å². The van der Waals surface area contributed by atoms with Crippen LogP contribution >= 0.6 is 11.6 Å². The Morgan fingerprint density at radius 3 is 2.89 bits per heavy atom. The molecule has 0 bridgehead atoms. The number of nitrogens with one attached hydrogen (secondary N) is 1. The van der Waals surface area contributed by atoms with Crippen LogP contribution in [0.2, 0.25) is 5.02 Å². The molecule has 2 N–H and O–H groups in total. The molecule has 1 aromatic carbocycles. The Morgan fingerprint density at radius 2 is 2.28 bits per heavy atom. The molecule has 0 radical (unpaired) electrons. The van der Waals surface area contributed by atoms with E-state index in [1.165, 1.54) is 0 Å². The number of benzene rings is 1. The van der Waals surface area contributed by atoms with Gasteiger partial charge in [-0.1, -0.05) is 17.7 Å². The molecule has 96 valence electrons. The number of aryl methyl sites for hydroxylation is 1. The smallest absolute Gasteiger partial charge is 0.149 e. The molecule has 0 amide bonds. The molecule has 0 aliphatic rings. The van der Waals surface area contributed by atoms with E-state index in [1.54, 1.807) is 24.5 Å². The van der Waals surface area contributed by atoms with Crippen LogP contribution in [0.1, 0.15) is 24.4 Å². The van der Waals surface area contributed by atoms with Gasteiger partial charge in [-0.2, -0.15) is 0 Å². The summed E-state index contributed by atoms with van der Waals surface area (Å²) in [5.74, 6) is 1.03. The number of nitrogens with zero attached hydrogens (tertiary/aromatic N) is 3. The van der Waals surface area contributed by atoms with Gasteiger partial charge in [-0.15, -0.1) is 10.2 Å². The summed E-state index contributed by atoms with van der Waals surface area (Å²) >= 11 is 6.04. The minimum atomic E-state index is 0.0215. The zero-order valence-corrected chi connectivity index (χ0v) is 11.0. The number of aromatic hydroxyl groups is 1. The second kappa shape index (κ2) is 5.37. The fourth-order valence-electron chi connectivity index (χ4n) is 1.75. The highest BCUT2D eigenvalue weighted by Gasteiger charge is 2.12. The second-order valence-corrected chi connectivity index (χ2v) is 4.55. The first-order chi connectivity index (χ1) is 8.59. The number of halogens is 1. The van der Waals surface area contributed by atoms with Crippen LogP contribution in [0.5, 0.6) is 5.75 Å². The minimum Gasteiger partial charge on any atom is -0.508 e. The predicted molar refractivity (Wildman–Crippen MR) is 69.4 cm³/mol. The van der Waals surface area contributed by atoms with E-state index in [1.807, 2.05) is 18.5 Å². The first-order valence-electron chi connectivity index (χ1n) is 5.63.